The van der Waals surface area contributed by atoms with Crippen molar-refractivity contribution in [3.05, 3.63) is 95.8 Å². The second-order valence-corrected chi connectivity index (χ2v) is 5.49. The number of rotatable bonds is 5. The van der Waals surface area contributed by atoms with Crippen molar-refractivity contribution in [2.45, 2.75) is 20.5 Å². The molecule has 0 bridgehead atoms. The van der Waals surface area contributed by atoms with Crippen molar-refractivity contribution in [3.8, 4) is 5.75 Å². The van der Waals surface area contributed by atoms with E-state index in [0.717, 1.165) is 22.6 Å². The molecule has 0 radical (unpaired) electrons. The van der Waals surface area contributed by atoms with E-state index in [0.29, 0.717) is 6.61 Å². The van der Waals surface area contributed by atoms with Crippen LogP contribution in [0.3, 0.4) is 0 Å². The number of benzene rings is 3. The summed E-state index contributed by atoms with van der Waals surface area (Å²) in [5, 5.41) is 0. The first-order valence-corrected chi connectivity index (χ1v) is 9.18. The van der Waals surface area contributed by atoms with Gasteiger partial charge in [0.25, 0.3) is 0 Å². The highest BCUT2D eigenvalue weighted by molar-refractivity contribution is 5.82. The number of aliphatic imine (C=N–C) groups is 1. The standard InChI is InChI=1S/C20H16FNO.C2H6O.C2H6/c21-18-8-10-19(11-9-18)22-14-16-6-12-20(13-7-16)23-15-17-4-2-1-3-5-17;1-3-2;1-2/h1-14H,15H2;1-2H3;1-2H3. The van der Waals surface area contributed by atoms with Gasteiger partial charge in [0.2, 0.25) is 0 Å². The zero-order chi connectivity index (χ0) is 20.6. The first-order chi connectivity index (χ1) is 13.7. The lowest BCUT2D eigenvalue weighted by Gasteiger charge is -2.06. The van der Waals surface area contributed by atoms with E-state index in [9.17, 15) is 4.39 Å². The summed E-state index contributed by atoms with van der Waals surface area (Å²) in [5.41, 5.74) is 2.81. The Labute approximate surface area is 167 Å². The van der Waals surface area contributed by atoms with Crippen molar-refractivity contribution in [2.75, 3.05) is 14.2 Å². The Morgan fingerprint density at radius 3 is 1.96 bits per heavy atom. The molecule has 0 unspecified atom stereocenters. The number of hydrogen-bond donors (Lipinski definition) is 0. The lowest BCUT2D eigenvalue weighted by molar-refractivity contribution is 0.277. The monoisotopic (exact) mass is 381 g/mol. The van der Waals surface area contributed by atoms with Gasteiger partial charge in [0, 0.05) is 20.4 Å². The average Bonchev–Trinajstić information content (AvgIpc) is 2.75. The molecule has 0 atom stereocenters. The van der Waals surface area contributed by atoms with Gasteiger partial charge < -0.3 is 9.47 Å². The van der Waals surface area contributed by atoms with Gasteiger partial charge in [-0.1, -0.05) is 44.2 Å². The molecule has 0 aliphatic rings. The van der Waals surface area contributed by atoms with E-state index < -0.39 is 0 Å². The number of halogens is 1. The van der Waals surface area contributed by atoms with E-state index in [1.165, 1.54) is 12.1 Å². The summed E-state index contributed by atoms with van der Waals surface area (Å²) < 4.78 is 22.8. The summed E-state index contributed by atoms with van der Waals surface area (Å²) >= 11 is 0. The maximum absolute atomic E-state index is 12.8. The highest BCUT2D eigenvalue weighted by Gasteiger charge is 1.96. The molecule has 0 saturated carbocycles. The predicted molar refractivity (Wildman–Crippen MR) is 115 cm³/mol. The van der Waals surface area contributed by atoms with E-state index in [1.807, 2.05) is 68.4 Å². The van der Waals surface area contributed by atoms with E-state index in [4.69, 9.17) is 4.74 Å². The van der Waals surface area contributed by atoms with Gasteiger partial charge in [-0.15, -0.1) is 0 Å². The zero-order valence-corrected chi connectivity index (χ0v) is 16.9. The van der Waals surface area contributed by atoms with Crippen LogP contribution in [0, 0.1) is 5.82 Å². The molecule has 0 spiro atoms. The Morgan fingerprint density at radius 2 is 1.39 bits per heavy atom. The Morgan fingerprint density at radius 1 is 0.821 bits per heavy atom. The number of hydrogen-bond acceptors (Lipinski definition) is 3. The first-order valence-electron chi connectivity index (χ1n) is 9.18. The smallest absolute Gasteiger partial charge is 0.123 e. The predicted octanol–water partition coefficient (Wildman–Crippen LogP) is 6.44. The fourth-order valence-corrected chi connectivity index (χ4v) is 2.07. The zero-order valence-electron chi connectivity index (χ0n) is 16.9. The highest BCUT2D eigenvalue weighted by Crippen LogP contribution is 2.15. The van der Waals surface area contributed by atoms with Crippen molar-refractivity contribution in [3.63, 3.8) is 0 Å². The molecule has 0 aliphatic carbocycles. The maximum atomic E-state index is 12.8. The molecular weight excluding hydrogens is 353 g/mol. The quantitative estimate of drug-likeness (QED) is 0.476. The summed E-state index contributed by atoms with van der Waals surface area (Å²) in [7, 11) is 3.25. The summed E-state index contributed by atoms with van der Waals surface area (Å²) in [6, 6.07) is 23.8. The van der Waals surface area contributed by atoms with Crippen LogP contribution in [0.25, 0.3) is 0 Å². The van der Waals surface area contributed by atoms with E-state index in [-0.39, 0.29) is 5.82 Å². The fourth-order valence-electron chi connectivity index (χ4n) is 2.07. The molecule has 148 valence electrons. The van der Waals surface area contributed by atoms with Gasteiger partial charge in [0.05, 0.1) is 5.69 Å². The van der Waals surface area contributed by atoms with Crippen LogP contribution < -0.4 is 4.74 Å². The second-order valence-electron chi connectivity index (χ2n) is 5.49. The van der Waals surface area contributed by atoms with E-state index >= 15 is 0 Å². The highest BCUT2D eigenvalue weighted by atomic mass is 19.1. The van der Waals surface area contributed by atoms with Crippen LogP contribution >= 0.6 is 0 Å². The van der Waals surface area contributed by atoms with Crippen LogP contribution in [0.4, 0.5) is 10.1 Å². The first kappa shape index (κ1) is 23.1. The molecule has 28 heavy (non-hydrogen) atoms. The molecule has 4 heteroatoms. The van der Waals surface area contributed by atoms with Gasteiger partial charge in [-0.25, -0.2) is 4.39 Å². The van der Waals surface area contributed by atoms with Gasteiger partial charge in [0.1, 0.15) is 18.2 Å². The Balaban J connectivity index is 0.000000717. The van der Waals surface area contributed by atoms with Gasteiger partial charge in [-0.2, -0.15) is 0 Å². The Hall–Kier alpha value is -2.98. The molecule has 3 aromatic carbocycles. The third-order valence-corrected chi connectivity index (χ3v) is 3.32. The lowest BCUT2D eigenvalue weighted by atomic mass is 10.2. The summed E-state index contributed by atoms with van der Waals surface area (Å²) in [5.74, 6) is 0.552. The van der Waals surface area contributed by atoms with Crippen LogP contribution in [0.1, 0.15) is 25.0 Å². The minimum absolute atomic E-state index is 0.260. The fraction of sp³-hybridized carbons (Fsp3) is 0.208. The van der Waals surface area contributed by atoms with Crippen molar-refractivity contribution < 1.29 is 13.9 Å². The van der Waals surface area contributed by atoms with Crippen LogP contribution in [-0.4, -0.2) is 20.4 Å². The SMILES string of the molecule is CC.COC.Fc1ccc(N=Cc2ccc(OCc3ccccc3)cc2)cc1. The van der Waals surface area contributed by atoms with Crippen molar-refractivity contribution in [1.29, 1.82) is 0 Å². The molecule has 3 rings (SSSR count). The normalized spacial score (nSPS) is 9.75. The van der Waals surface area contributed by atoms with Crippen LogP contribution in [0.5, 0.6) is 5.75 Å². The third-order valence-electron chi connectivity index (χ3n) is 3.32. The van der Waals surface area contributed by atoms with Crippen LogP contribution in [0.2, 0.25) is 0 Å². The largest absolute Gasteiger partial charge is 0.489 e. The van der Waals surface area contributed by atoms with Crippen LogP contribution in [0.15, 0.2) is 83.9 Å². The van der Waals surface area contributed by atoms with Gasteiger partial charge in [-0.05, 0) is 59.7 Å². The number of methoxy groups -OCH3 is 1. The topological polar surface area (TPSA) is 30.8 Å². The average molecular weight is 381 g/mol. The molecule has 0 N–H and O–H groups in total. The van der Waals surface area contributed by atoms with Crippen molar-refractivity contribution >= 4 is 11.9 Å². The Bertz CT molecular complexity index is 785. The molecule has 0 heterocycles. The van der Waals surface area contributed by atoms with Gasteiger partial charge >= 0.3 is 0 Å². The molecule has 0 saturated heterocycles. The molecule has 0 aromatic heterocycles. The summed E-state index contributed by atoms with van der Waals surface area (Å²) in [4.78, 5) is 4.31. The molecule has 0 aliphatic heterocycles. The van der Waals surface area contributed by atoms with Crippen molar-refractivity contribution in [2.24, 2.45) is 4.99 Å². The number of nitrogens with zero attached hydrogens (tertiary/aromatic N) is 1. The molecule has 0 amide bonds. The van der Waals surface area contributed by atoms with E-state index in [1.54, 1.807) is 32.6 Å². The molecule has 0 fully saturated rings. The lowest BCUT2D eigenvalue weighted by Crippen LogP contribution is -1.94. The minimum Gasteiger partial charge on any atom is -0.489 e. The summed E-state index contributed by atoms with van der Waals surface area (Å²) in [6.45, 7) is 4.55. The van der Waals surface area contributed by atoms with E-state index in [2.05, 4.69) is 9.73 Å². The van der Waals surface area contributed by atoms with Crippen molar-refractivity contribution in [1.82, 2.24) is 0 Å². The Kier molecular flexibility index (Phi) is 11.6. The van der Waals surface area contributed by atoms with Gasteiger partial charge in [0.15, 0.2) is 0 Å². The third kappa shape index (κ3) is 9.10. The maximum Gasteiger partial charge on any atom is 0.123 e. The van der Waals surface area contributed by atoms with Gasteiger partial charge in [-0.3, -0.25) is 4.99 Å². The minimum atomic E-state index is -0.260. The molecular formula is C24H28FNO2. The second kappa shape index (κ2) is 14.1. The molecule has 3 nitrogen and oxygen atoms in total. The number of ether oxygens (including phenoxy) is 2. The molecule has 3 aromatic rings. The summed E-state index contributed by atoms with van der Waals surface area (Å²) in [6.07, 6.45) is 1.74. The van der Waals surface area contributed by atoms with Crippen LogP contribution in [-0.2, 0) is 11.3 Å².